The molecular formula is C26H20BrN3O4S. The van der Waals surface area contributed by atoms with Crippen molar-refractivity contribution in [2.75, 3.05) is 16.8 Å². The van der Waals surface area contributed by atoms with Crippen LogP contribution in [0.2, 0.25) is 0 Å². The van der Waals surface area contributed by atoms with Gasteiger partial charge < -0.3 is 10.1 Å². The third kappa shape index (κ3) is 5.82. The molecule has 1 aliphatic rings. The van der Waals surface area contributed by atoms with Gasteiger partial charge in [0.2, 0.25) is 0 Å². The van der Waals surface area contributed by atoms with E-state index in [1.807, 2.05) is 31.2 Å². The van der Waals surface area contributed by atoms with Crippen molar-refractivity contribution < 1.29 is 19.1 Å². The van der Waals surface area contributed by atoms with Crippen molar-refractivity contribution in [1.82, 2.24) is 5.32 Å². The van der Waals surface area contributed by atoms with Gasteiger partial charge in [-0.2, -0.15) is 0 Å². The van der Waals surface area contributed by atoms with Gasteiger partial charge in [-0.15, -0.1) is 0 Å². The maximum Gasteiger partial charge on any atom is 0.270 e. The second-order valence-electron chi connectivity index (χ2n) is 7.68. The van der Waals surface area contributed by atoms with Gasteiger partial charge in [-0.25, -0.2) is 0 Å². The Balaban J connectivity index is 1.57. The number of carbonyl (C=O) groups is 3. The maximum atomic E-state index is 13.2. The van der Waals surface area contributed by atoms with Gasteiger partial charge in [-0.05, 0) is 73.2 Å². The molecule has 35 heavy (non-hydrogen) atoms. The van der Waals surface area contributed by atoms with Crippen molar-refractivity contribution in [2.24, 2.45) is 0 Å². The zero-order chi connectivity index (χ0) is 24.9. The fourth-order valence-corrected chi connectivity index (χ4v) is 4.11. The van der Waals surface area contributed by atoms with Crippen LogP contribution in [0.25, 0.3) is 6.08 Å². The second kappa shape index (κ2) is 10.6. The van der Waals surface area contributed by atoms with Gasteiger partial charge in [-0.3, -0.25) is 24.6 Å². The van der Waals surface area contributed by atoms with E-state index in [0.29, 0.717) is 27.2 Å². The third-order valence-corrected chi connectivity index (χ3v) is 5.83. The SMILES string of the molecule is Cc1cccc(NC(=O)COc2ccc(Br)cc2/C=C2/C(=O)NC(=S)N(c3ccccc3)C2=O)c1. The van der Waals surface area contributed by atoms with Crippen molar-refractivity contribution in [1.29, 1.82) is 0 Å². The van der Waals surface area contributed by atoms with E-state index in [4.69, 9.17) is 17.0 Å². The van der Waals surface area contributed by atoms with Gasteiger partial charge in [0, 0.05) is 15.7 Å². The van der Waals surface area contributed by atoms with E-state index in [1.54, 1.807) is 48.5 Å². The molecule has 0 aromatic heterocycles. The Morgan fingerprint density at radius 1 is 1.09 bits per heavy atom. The van der Waals surface area contributed by atoms with Crippen molar-refractivity contribution in [3.05, 3.63) is 94.0 Å². The van der Waals surface area contributed by atoms with Crippen LogP contribution in [0.1, 0.15) is 11.1 Å². The molecule has 1 aliphatic heterocycles. The highest BCUT2D eigenvalue weighted by molar-refractivity contribution is 9.10. The lowest BCUT2D eigenvalue weighted by atomic mass is 10.1. The summed E-state index contributed by atoms with van der Waals surface area (Å²) in [4.78, 5) is 39.6. The predicted octanol–water partition coefficient (Wildman–Crippen LogP) is 4.61. The minimum atomic E-state index is -0.615. The van der Waals surface area contributed by atoms with Gasteiger partial charge in [0.25, 0.3) is 17.7 Å². The lowest BCUT2D eigenvalue weighted by Crippen LogP contribution is -2.54. The Hall–Kier alpha value is -3.82. The molecule has 0 spiro atoms. The van der Waals surface area contributed by atoms with Gasteiger partial charge in [0.05, 0.1) is 5.69 Å². The summed E-state index contributed by atoms with van der Waals surface area (Å²) < 4.78 is 6.45. The van der Waals surface area contributed by atoms with Crippen LogP contribution < -0.4 is 20.3 Å². The van der Waals surface area contributed by atoms with Crippen LogP contribution >= 0.6 is 28.1 Å². The fraction of sp³-hybridized carbons (Fsp3) is 0.0769. The van der Waals surface area contributed by atoms with E-state index in [1.165, 1.54) is 11.0 Å². The highest BCUT2D eigenvalue weighted by Crippen LogP contribution is 2.28. The minimum Gasteiger partial charge on any atom is -0.483 e. The molecule has 4 rings (SSSR count). The number of thiocarbonyl (C=S) groups is 1. The highest BCUT2D eigenvalue weighted by Gasteiger charge is 2.34. The molecule has 3 amide bonds. The van der Waals surface area contributed by atoms with E-state index < -0.39 is 11.8 Å². The highest BCUT2D eigenvalue weighted by atomic mass is 79.9. The first-order chi connectivity index (χ1) is 16.8. The third-order valence-electron chi connectivity index (χ3n) is 5.05. The number of nitrogens with one attached hydrogen (secondary N) is 2. The van der Waals surface area contributed by atoms with Crippen LogP contribution in [-0.2, 0) is 14.4 Å². The summed E-state index contributed by atoms with van der Waals surface area (Å²) in [6.07, 6.45) is 1.42. The molecule has 2 N–H and O–H groups in total. The number of hydrogen-bond donors (Lipinski definition) is 2. The topological polar surface area (TPSA) is 87.7 Å². The van der Waals surface area contributed by atoms with E-state index in [0.717, 1.165) is 5.56 Å². The lowest BCUT2D eigenvalue weighted by Gasteiger charge is -2.29. The number of nitrogens with zero attached hydrogens (tertiary/aromatic N) is 1. The van der Waals surface area contributed by atoms with Crippen LogP contribution in [-0.4, -0.2) is 29.4 Å². The molecule has 1 heterocycles. The summed E-state index contributed by atoms with van der Waals surface area (Å²) in [5.74, 6) is -1.19. The standard InChI is InChI=1S/C26H20BrN3O4S/c1-16-6-5-7-19(12-16)28-23(31)15-34-22-11-10-18(27)13-17(22)14-21-24(32)29-26(35)30(25(21)33)20-8-3-2-4-9-20/h2-14H,15H2,1H3,(H,28,31)(H,29,32,35)/b21-14-. The van der Waals surface area contributed by atoms with E-state index >= 15 is 0 Å². The van der Waals surface area contributed by atoms with Crippen LogP contribution in [0.15, 0.2) is 82.8 Å². The number of para-hydroxylation sites is 1. The molecule has 0 atom stereocenters. The van der Waals surface area contributed by atoms with Crippen LogP contribution in [0.4, 0.5) is 11.4 Å². The number of rotatable bonds is 6. The molecule has 0 saturated carbocycles. The fourth-order valence-electron chi connectivity index (χ4n) is 3.45. The van der Waals surface area contributed by atoms with Crippen LogP contribution in [0.3, 0.4) is 0 Å². The number of ether oxygens (including phenoxy) is 1. The average molecular weight is 550 g/mol. The monoisotopic (exact) mass is 549 g/mol. The summed E-state index contributed by atoms with van der Waals surface area (Å²) >= 11 is 8.63. The largest absolute Gasteiger partial charge is 0.483 e. The Morgan fingerprint density at radius 3 is 2.60 bits per heavy atom. The summed E-state index contributed by atoms with van der Waals surface area (Å²) in [7, 11) is 0. The smallest absolute Gasteiger partial charge is 0.270 e. The zero-order valence-corrected chi connectivity index (χ0v) is 21.0. The van der Waals surface area contributed by atoms with Crippen LogP contribution in [0.5, 0.6) is 5.75 Å². The molecule has 1 fully saturated rings. The molecule has 7 nitrogen and oxygen atoms in total. The number of benzene rings is 3. The van der Waals surface area contributed by atoms with Gasteiger partial charge in [-0.1, -0.05) is 46.3 Å². The first kappa shape index (κ1) is 24.3. The minimum absolute atomic E-state index is 0.00175. The molecule has 0 bridgehead atoms. The Kier molecular flexibility index (Phi) is 7.38. The predicted molar refractivity (Wildman–Crippen MR) is 142 cm³/mol. The van der Waals surface area contributed by atoms with Gasteiger partial charge >= 0.3 is 0 Å². The lowest BCUT2D eigenvalue weighted by molar-refractivity contribution is -0.122. The number of aryl methyl sites for hydroxylation is 1. The molecule has 3 aromatic rings. The number of carbonyl (C=O) groups excluding carboxylic acids is 3. The molecule has 3 aromatic carbocycles. The molecule has 0 radical (unpaired) electrons. The van der Waals surface area contributed by atoms with Gasteiger partial charge in [0.1, 0.15) is 11.3 Å². The number of hydrogen-bond acceptors (Lipinski definition) is 5. The Morgan fingerprint density at radius 2 is 1.86 bits per heavy atom. The molecule has 0 aliphatic carbocycles. The van der Waals surface area contributed by atoms with Crippen molar-refractivity contribution in [3.8, 4) is 5.75 Å². The Bertz CT molecular complexity index is 1360. The van der Waals surface area contributed by atoms with Gasteiger partial charge in [0.15, 0.2) is 11.7 Å². The van der Waals surface area contributed by atoms with Crippen LogP contribution in [0, 0.1) is 6.92 Å². The average Bonchev–Trinajstić information content (AvgIpc) is 2.82. The Labute approximate surface area is 215 Å². The molecule has 9 heteroatoms. The van der Waals surface area contributed by atoms with E-state index in [-0.39, 0.29) is 23.2 Å². The summed E-state index contributed by atoms with van der Waals surface area (Å²) in [5.41, 5.74) is 2.55. The summed E-state index contributed by atoms with van der Waals surface area (Å²) in [5, 5.41) is 5.34. The molecular weight excluding hydrogens is 530 g/mol. The maximum absolute atomic E-state index is 13.2. The van der Waals surface area contributed by atoms with Crippen molar-refractivity contribution in [2.45, 2.75) is 6.92 Å². The number of halogens is 1. The quantitative estimate of drug-likeness (QED) is 0.266. The van der Waals surface area contributed by atoms with E-state index in [9.17, 15) is 14.4 Å². The molecule has 176 valence electrons. The second-order valence-corrected chi connectivity index (χ2v) is 8.98. The molecule has 1 saturated heterocycles. The number of amides is 3. The normalized spacial score (nSPS) is 14.6. The first-order valence-electron chi connectivity index (χ1n) is 10.6. The van der Waals surface area contributed by atoms with Crippen molar-refractivity contribution >= 4 is 68.4 Å². The first-order valence-corrected chi connectivity index (χ1v) is 11.8. The van der Waals surface area contributed by atoms with Crippen molar-refractivity contribution in [3.63, 3.8) is 0 Å². The zero-order valence-electron chi connectivity index (χ0n) is 18.6. The summed E-state index contributed by atoms with van der Waals surface area (Å²) in [6.45, 7) is 1.67. The van der Waals surface area contributed by atoms with E-state index in [2.05, 4.69) is 26.6 Å². The summed E-state index contributed by atoms with van der Waals surface area (Å²) in [6, 6.07) is 21.3. The number of anilines is 2. The molecule has 0 unspecified atom stereocenters.